The van der Waals surface area contributed by atoms with Crippen molar-refractivity contribution in [3.8, 4) is 0 Å². The summed E-state index contributed by atoms with van der Waals surface area (Å²) in [5.41, 5.74) is 2.33. The van der Waals surface area contributed by atoms with Crippen molar-refractivity contribution < 1.29 is 24.5 Å². The minimum atomic E-state index is -1.15. The quantitative estimate of drug-likeness (QED) is 0.225. The second-order valence-electron chi connectivity index (χ2n) is 14.1. The molecule has 0 spiro atoms. The van der Waals surface area contributed by atoms with Crippen LogP contribution >= 0.6 is 11.3 Å². The lowest BCUT2D eigenvalue weighted by Gasteiger charge is -2.46. The Labute approximate surface area is 273 Å². The van der Waals surface area contributed by atoms with Crippen LogP contribution in [0.4, 0.5) is 4.79 Å². The smallest absolute Gasteiger partial charge is 0.409 e. The maximum Gasteiger partial charge on any atom is 0.409 e. The Morgan fingerprint density at radius 3 is 2.62 bits per heavy atom. The van der Waals surface area contributed by atoms with Gasteiger partial charge in [0.25, 0.3) is 0 Å². The van der Waals surface area contributed by atoms with Gasteiger partial charge in [0, 0.05) is 28.3 Å². The minimum Gasteiger partial charge on any atom is -0.450 e. The first-order valence-electron chi connectivity index (χ1n) is 17.3. The predicted octanol–water partition coefficient (Wildman–Crippen LogP) is 8.25. The number of ether oxygens (including phenoxy) is 1. The third-order valence-corrected chi connectivity index (χ3v) is 12.0. The summed E-state index contributed by atoms with van der Waals surface area (Å²) in [6.07, 6.45) is 12.2. The molecule has 1 aromatic heterocycles. The van der Waals surface area contributed by atoms with E-state index in [4.69, 9.17) is 4.74 Å². The Morgan fingerprint density at radius 2 is 1.89 bits per heavy atom. The van der Waals surface area contributed by atoms with E-state index < -0.39 is 17.1 Å². The zero-order valence-corrected chi connectivity index (χ0v) is 28.4. The molecule has 7 heteroatoms. The van der Waals surface area contributed by atoms with Crippen molar-refractivity contribution in [2.45, 2.75) is 122 Å². The molecule has 1 heterocycles. The summed E-state index contributed by atoms with van der Waals surface area (Å²) >= 11 is 1.67. The van der Waals surface area contributed by atoms with Crippen LogP contribution in [0.2, 0.25) is 0 Å². The van der Waals surface area contributed by atoms with Gasteiger partial charge in [-0.2, -0.15) is 0 Å². The summed E-state index contributed by atoms with van der Waals surface area (Å²) in [4.78, 5) is 30.4. The maximum absolute atomic E-state index is 14.3. The van der Waals surface area contributed by atoms with Gasteiger partial charge in [0.2, 0.25) is 0 Å². The number of aliphatic hydroxyl groups is 2. The number of aliphatic hydroxyl groups excluding tert-OH is 1. The summed E-state index contributed by atoms with van der Waals surface area (Å²) in [6.45, 7) is 7.09. The minimum absolute atomic E-state index is 0.0326. The average molecular weight is 636 g/mol. The van der Waals surface area contributed by atoms with E-state index >= 15 is 0 Å². The SMILES string of the molecule is CCOC(=O)N(CCc1cccs1)C[C@]1(O)CC[C@H]2c3ccc(cc3C(=O)C3CCCCC3)C[C@@H](O)CCC(C)=CCC[C@@]21C. The highest BCUT2D eigenvalue weighted by Gasteiger charge is 2.57. The van der Waals surface area contributed by atoms with Gasteiger partial charge in [-0.05, 0) is 113 Å². The first-order valence-corrected chi connectivity index (χ1v) is 18.2. The number of allylic oxidation sites excluding steroid dienone is 2. The molecule has 45 heavy (non-hydrogen) atoms. The third-order valence-electron chi connectivity index (χ3n) is 11.1. The van der Waals surface area contributed by atoms with Crippen molar-refractivity contribution >= 4 is 23.2 Å². The van der Waals surface area contributed by atoms with E-state index in [-0.39, 0.29) is 36.9 Å². The monoisotopic (exact) mass is 635 g/mol. The van der Waals surface area contributed by atoms with Crippen LogP contribution in [0.3, 0.4) is 0 Å². The maximum atomic E-state index is 14.3. The molecule has 246 valence electrons. The molecule has 4 aliphatic carbocycles. The summed E-state index contributed by atoms with van der Waals surface area (Å²) in [7, 11) is 0. The molecule has 6 rings (SSSR count). The Balaban J connectivity index is 1.53. The number of hydrogen-bond acceptors (Lipinski definition) is 6. The van der Waals surface area contributed by atoms with Crippen LogP contribution in [-0.2, 0) is 17.6 Å². The van der Waals surface area contributed by atoms with Gasteiger partial charge in [0.1, 0.15) is 0 Å². The Morgan fingerprint density at radius 1 is 1.09 bits per heavy atom. The second-order valence-corrected chi connectivity index (χ2v) is 15.1. The number of thiophene rings is 1. The number of fused-ring (bicyclic) bond motifs is 8. The van der Waals surface area contributed by atoms with Crippen LogP contribution in [-0.4, -0.2) is 58.4 Å². The molecule has 2 fully saturated rings. The molecule has 0 saturated heterocycles. The Bertz CT molecular complexity index is 1330. The van der Waals surface area contributed by atoms with E-state index in [0.717, 1.165) is 68.1 Å². The highest BCUT2D eigenvalue weighted by Crippen LogP contribution is 2.59. The van der Waals surface area contributed by atoms with E-state index in [1.165, 1.54) is 16.9 Å². The lowest BCUT2D eigenvalue weighted by atomic mass is 9.64. The molecular weight excluding hydrogens is 582 g/mol. The predicted molar refractivity (Wildman–Crippen MR) is 181 cm³/mol. The van der Waals surface area contributed by atoms with Gasteiger partial charge >= 0.3 is 6.09 Å². The number of Topliss-reactive ketones (excluding diaryl/α,β-unsaturated/α-hetero) is 1. The van der Waals surface area contributed by atoms with E-state index in [2.05, 4.69) is 44.2 Å². The summed E-state index contributed by atoms with van der Waals surface area (Å²) in [5, 5.41) is 25.7. The molecule has 4 aliphatic rings. The molecule has 0 aliphatic heterocycles. The molecular formula is C38H53NO5S. The summed E-state index contributed by atoms with van der Waals surface area (Å²) in [6, 6.07) is 10.4. The number of ketones is 1. The number of hydrogen-bond donors (Lipinski definition) is 2. The van der Waals surface area contributed by atoms with Gasteiger partial charge < -0.3 is 19.8 Å². The molecule has 6 nitrogen and oxygen atoms in total. The Hall–Kier alpha value is -2.48. The van der Waals surface area contributed by atoms with Gasteiger partial charge in [-0.25, -0.2) is 4.79 Å². The molecule has 1 aromatic carbocycles. The van der Waals surface area contributed by atoms with Gasteiger partial charge in [0.05, 0.1) is 24.9 Å². The standard InChI is InChI=1S/C38H53NO5S/c1-4-44-36(42)39(22-19-31-13-9-23-45-31)26-38(43)21-18-34-32-17-15-28(25-33(32)35(41)29-11-6-5-7-12-29)24-30(40)16-14-27(2)10-8-20-37(34,38)3/h9-10,13,15,17,23,25,29-30,34,40,43H,4-8,11-12,14,16,18-22,24,26H2,1-3H3/t30-,34-,37-,38+/m0/s1. The third kappa shape index (κ3) is 7.74. The van der Waals surface area contributed by atoms with Gasteiger partial charge in [-0.3, -0.25) is 4.79 Å². The van der Waals surface area contributed by atoms with Crippen LogP contribution in [0, 0.1) is 11.3 Å². The van der Waals surface area contributed by atoms with Gasteiger partial charge in [-0.15, -0.1) is 11.3 Å². The lowest BCUT2D eigenvalue weighted by molar-refractivity contribution is -0.0807. The highest BCUT2D eigenvalue weighted by molar-refractivity contribution is 7.09. The van der Waals surface area contributed by atoms with E-state index in [1.54, 1.807) is 16.2 Å². The number of amides is 1. The fourth-order valence-electron chi connectivity index (χ4n) is 8.26. The molecule has 4 atom stereocenters. The molecule has 0 unspecified atom stereocenters. The molecule has 2 aromatic rings. The summed E-state index contributed by atoms with van der Waals surface area (Å²) in [5.74, 6) is 0.220. The van der Waals surface area contributed by atoms with Crippen molar-refractivity contribution in [2.24, 2.45) is 11.3 Å². The zero-order chi connectivity index (χ0) is 32.0. The second kappa shape index (κ2) is 15.0. The molecule has 0 radical (unpaired) electrons. The topological polar surface area (TPSA) is 87.1 Å². The normalized spacial score (nSPS) is 27.8. The van der Waals surface area contributed by atoms with Crippen LogP contribution in [0.25, 0.3) is 0 Å². The zero-order valence-electron chi connectivity index (χ0n) is 27.6. The van der Waals surface area contributed by atoms with E-state index in [0.29, 0.717) is 32.2 Å². The number of carbonyl (C=O) groups is 2. The Kier molecular flexibility index (Phi) is 11.3. The number of nitrogens with zero attached hydrogens (tertiary/aromatic N) is 1. The van der Waals surface area contributed by atoms with Crippen LogP contribution < -0.4 is 0 Å². The first kappa shape index (κ1) is 33.9. The highest BCUT2D eigenvalue weighted by atomic mass is 32.1. The molecule has 2 N–H and O–H groups in total. The average Bonchev–Trinajstić information content (AvgIpc) is 3.64. The summed E-state index contributed by atoms with van der Waals surface area (Å²) < 4.78 is 5.50. The van der Waals surface area contributed by atoms with Crippen LogP contribution in [0.15, 0.2) is 47.4 Å². The molecule has 2 saturated carbocycles. The van der Waals surface area contributed by atoms with E-state index in [9.17, 15) is 19.8 Å². The fraction of sp³-hybridized carbons (Fsp3) is 0.632. The van der Waals surface area contributed by atoms with Gasteiger partial charge in [0.15, 0.2) is 5.78 Å². The van der Waals surface area contributed by atoms with Crippen molar-refractivity contribution in [1.29, 1.82) is 0 Å². The van der Waals surface area contributed by atoms with Crippen molar-refractivity contribution in [2.75, 3.05) is 19.7 Å². The van der Waals surface area contributed by atoms with Crippen molar-refractivity contribution in [1.82, 2.24) is 4.90 Å². The molecule has 2 bridgehead atoms. The molecule has 1 amide bonds. The van der Waals surface area contributed by atoms with Gasteiger partial charge in [-0.1, -0.05) is 56.0 Å². The first-order chi connectivity index (χ1) is 21.6. The van der Waals surface area contributed by atoms with Crippen molar-refractivity contribution in [3.05, 3.63) is 68.9 Å². The van der Waals surface area contributed by atoms with Crippen LogP contribution in [0.1, 0.15) is 124 Å². The number of benzene rings is 1. The lowest BCUT2D eigenvalue weighted by Crippen LogP contribution is -2.54. The largest absolute Gasteiger partial charge is 0.450 e. The number of rotatable bonds is 8. The fourth-order valence-corrected chi connectivity index (χ4v) is 8.96. The number of carbonyl (C=O) groups excluding carboxylic acids is 2. The van der Waals surface area contributed by atoms with Crippen LogP contribution in [0.5, 0.6) is 0 Å². The van der Waals surface area contributed by atoms with E-state index in [1.807, 2.05) is 18.4 Å². The van der Waals surface area contributed by atoms with Crippen molar-refractivity contribution in [3.63, 3.8) is 0 Å².